The van der Waals surface area contributed by atoms with Crippen LogP contribution < -0.4 is 0 Å². The third kappa shape index (κ3) is 3.71. The van der Waals surface area contributed by atoms with Crippen LogP contribution in [-0.2, 0) is 17.9 Å². The van der Waals surface area contributed by atoms with Gasteiger partial charge in [-0.3, -0.25) is 19.3 Å². The van der Waals surface area contributed by atoms with Gasteiger partial charge in [0.05, 0.1) is 24.9 Å². The van der Waals surface area contributed by atoms with Gasteiger partial charge in [-0.15, -0.1) is 0 Å². The number of likely N-dealkylation sites (tertiary alicyclic amines) is 1. The molecule has 0 aromatic carbocycles. The lowest BCUT2D eigenvalue weighted by molar-refractivity contribution is -0.00803. The first kappa shape index (κ1) is 17.7. The van der Waals surface area contributed by atoms with Crippen LogP contribution in [0.5, 0.6) is 0 Å². The Balaban J connectivity index is 1.40. The highest BCUT2D eigenvalue weighted by Gasteiger charge is 2.30. The molecule has 2 aliphatic heterocycles. The van der Waals surface area contributed by atoms with Crippen molar-refractivity contribution in [2.24, 2.45) is 0 Å². The smallest absolute Gasteiger partial charge is 0.274 e. The van der Waals surface area contributed by atoms with Crippen molar-refractivity contribution in [3.63, 3.8) is 0 Å². The van der Waals surface area contributed by atoms with E-state index in [1.807, 2.05) is 18.2 Å². The van der Waals surface area contributed by atoms with Gasteiger partial charge in [0, 0.05) is 38.9 Å². The minimum Gasteiger partial charge on any atom is -0.370 e. The molecule has 2 amide bonds. The highest BCUT2D eigenvalue weighted by molar-refractivity contribution is 5.98. The quantitative estimate of drug-likeness (QED) is 0.809. The molecule has 0 saturated carbocycles. The van der Waals surface area contributed by atoms with E-state index in [0.29, 0.717) is 44.2 Å². The van der Waals surface area contributed by atoms with E-state index in [9.17, 15) is 9.59 Å². The van der Waals surface area contributed by atoms with Crippen LogP contribution in [-0.4, -0.2) is 69.2 Å². The summed E-state index contributed by atoms with van der Waals surface area (Å²) in [5.74, 6) is -0.235. The largest absolute Gasteiger partial charge is 0.370 e. The van der Waals surface area contributed by atoms with Crippen molar-refractivity contribution < 1.29 is 14.3 Å². The van der Waals surface area contributed by atoms with Crippen LogP contribution >= 0.6 is 0 Å². The van der Waals surface area contributed by atoms with Crippen molar-refractivity contribution >= 4 is 11.8 Å². The number of carbonyl (C=O) groups excluding carboxylic acids is 2. The van der Waals surface area contributed by atoms with Crippen LogP contribution in [0.3, 0.4) is 0 Å². The summed E-state index contributed by atoms with van der Waals surface area (Å²) in [4.78, 5) is 32.8. The molecule has 27 heavy (non-hydrogen) atoms. The summed E-state index contributed by atoms with van der Waals surface area (Å²) in [6, 6.07) is 7.34. The van der Waals surface area contributed by atoms with E-state index in [-0.39, 0.29) is 17.9 Å². The van der Waals surface area contributed by atoms with Crippen molar-refractivity contribution in [2.75, 3.05) is 26.7 Å². The molecule has 1 fully saturated rings. The molecule has 8 heteroatoms. The summed E-state index contributed by atoms with van der Waals surface area (Å²) in [6.45, 7) is 2.86. The van der Waals surface area contributed by atoms with E-state index in [2.05, 4.69) is 10.1 Å². The van der Waals surface area contributed by atoms with Crippen molar-refractivity contribution in [3.05, 3.63) is 47.5 Å². The number of piperidine rings is 1. The van der Waals surface area contributed by atoms with Gasteiger partial charge in [0.1, 0.15) is 5.69 Å². The summed E-state index contributed by atoms with van der Waals surface area (Å²) in [5.41, 5.74) is 1.69. The van der Waals surface area contributed by atoms with Gasteiger partial charge in [-0.25, -0.2) is 0 Å². The number of carbonyl (C=O) groups is 2. The zero-order chi connectivity index (χ0) is 18.8. The van der Waals surface area contributed by atoms with Crippen LogP contribution in [0.15, 0.2) is 30.5 Å². The van der Waals surface area contributed by atoms with E-state index < -0.39 is 0 Å². The topological polar surface area (TPSA) is 80.6 Å². The van der Waals surface area contributed by atoms with E-state index in [1.54, 1.807) is 33.8 Å². The number of likely N-dealkylation sites (N-methyl/N-ethyl adjacent to an activating group) is 1. The van der Waals surface area contributed by atoms with Crippen molar-refractivity contribution in [1.82, 2.24) is 24.6 Å². The third-order valence-electron chi connectivity index (χ3n) is 5.07. The fourth-order valence-electron chi connectivity index (χ4n) is 3.51. The van der Waals surface area contributed by atoms with Gasteiger partial charge < -0.3 is 14.5 Å². The first-order valence-electron chi connectivity index (χ1n) is 9.26. The molecule has 0 N–H and O–H groups in total. The summed E-state index contributed by atoms with van der Waals surface area (Å²) in [6.07, 6.45) is 3.52. The molecule has 142 valence electrons. The number of aromatic nitrogens is 3. The van der Waals surface area contributed by atoms with Crippen molar-refractivity contribution in [3.8, 4) is 0 Å². The third-order valence-corrected chi connectivity index (χ3v) is 5.07. The molecular weight excluding hydrogens is 346 g/mol. The fourth-order valence-corrected chi connectivity index (χ4v) is 3.51. The second-order valence-electron chi connectivity index (χ2n) is 7.01. The maximum absolute atomic E-state index is 12.9. The summed E-state index contributed by atoms with van der Waals surface area (Å²) in [5, 5.41) is 4.36. The number of amides is 2. The standard InChI is InChI=1S/C19H23N5O3/c1-22-9-10-24-17(19(22)26)11-16(21-24)18(25)23-8-4-6-15(12-23)27-13-14-5-2-3-7-20-14/h2-3,5,7,11,15H,4,6,8-10,12-13H2,1H3. The SMILES string of the molecule is CN1CCn2nc(C(=O)N3CCCC(OCc4ccccn4)C3)cc2C1=O. The Morgan fingerprint density at radius 2 is 2.19 bits per heavy atom. The maximum atomic E-state index is 12.9. The highest BCUT2D eigenvalue weighted by atomic mass is 16.5. The van der Waals surface area contributed by atoms with Crippen LogP contribution in [0.1, 0.15) is 39.5 Å². The highest BCUT2D eigenvalue weighted by Crippen LogP contribution is 2.19. The molecule has 8 nitrogen and oxygen atoms in total. The van der Waals surface area contributed by atoms with Gasteiger partial charge >= 0.3 is 0 Å². The van der Waals surface area contributed by atoms with Crippen LogP contribution in [0, 0.1) is 0 Å². The van der Waals surface area contributed by atoms with Crippen molar-refractivity contribution in [1.29, 1.82) is 0 Å². The normalized spacial score (nSPS) is 19.9. The second-order valence-corrected chi connectivity index (χ2v) is 7.01. The number of fused-ring (bicyclic) bond motifs is 1. The minimum atomic E-state index is -0.140. The lowest BCUT2D eigenvalue weighted by Crippen LogP contribution is -2.43. The molecular formula is C19H23N5O3. The van der Waals surface area contributed by atoms with E-state index in [1.165, 1.54) is 0 Å². The maximum Gasteiger partial charge on any atom is 0.274 e. The molecule has 0 bridgehead atoms. The number of ether oxygens (including phenoxy) is 1. The zero-order valence-electron chi connectivity index (χ0n) is 15.4. The Bertz CT molecular complexity index is 835. The monoisotopic (exact) mass is 369 g/mol. The van der Waals surface area contributed by atoms with E-state index in [0.717, 1.165) is 18.5 Å². The average molecular weight is 369 g/mol. The van der Waals surface area contributed by atoms with E-state index in [4.69, 9.17) is 4.74 Å². The van der Waals surface area contributed by atoms with Gasteiger partial charge in [0.25, 0.3) is 11.8 Å². The molecule has 1 atom stereocenters. The Morgan fingerprint density at radius 1 is 1.30 bits per heavy atom. The molecule has 1 unspecified atom stereocenters. The summed E-state index contributed by atoms with van der Waals surface area (Å²) in [7, 11) is 1.76. The molecule has 1 saturated heterocycles. The Hall–Kier alpha value is -2.74. The number of hydrogen-bond acceptors (Lipinski definition) is 5. The van der Waals surface area contributed by atoms with Gasteiger partial charge in [-0.2, -0.15) is 5.10 Å². The van der Waals surface area contributed by atoms with Crippen LogP contribution in [0.25, 0.3) is 0 Å². The predicted molar refractivity (Wildman–Crippen MR) is 97.1 cm³/mol. The zero-order valence-corrected chi connectivity index (χ0v) is 15.4. The van der Waals surface area contributed by atoms with Crippen LogP contribution in [0.4, 0.5) is 0 Å². The van der Waals surface area contributed by atoms with Gasteiger partial charge in [-0.1, -0.05) is 6.07 Å². The molecule has 4 rings (SSSR count). The first-order chi connectivity index (χ1) is 13.1. The van der Waals surface area contributed by atoms with Gasteiger partial charge in [0.15, 0.2) is 5.69 Å². The summed E-state index contributed by atoms with van der Waals surface area (Å²) < 4.78 is 7.59. The molecule has 0 aliphatic carbocycles. The molecule has 0 radical (unpaired) electrons. The summed E-state index contributed by atoms with van der Waals surface area (Å²) >= 11 is 0. The Morgan fingerprint density at radius 3 is 3.00 bits per heavy atom. The molecule has 2 aliphatic rings. The van der Waals surface area contributed by atoms with Gasteiger partial charge in [0.2, 0.25) is 0 Å². The number of nitrogens with zero attached hydrogens (tertiary/aromatic N) is 5. The second kappa shape index (κ2) is 7.48. The number of rotatable bonds is 4. The number of hydrogen-bond donors (Lipinski definition) is 0. The van der Waals surface area contributed by atoms with Crippen molar-refractivity contribution in [2.45, 2.75) is 32.1 Å². The molecule has 2 aromatic heterocycles. The Kier molecular flexibility index (Phi) is 4.89. The number of pyridine rings is 1. The lowest BCUT2D eigenvalue weighted by atomic mass is 10.1. The van der Waals surface area contributed by atoms with Crippen LogP contribution in [0.2, 0.25) is 0 Å². The minimum absolute atomic E-state index is 0.0188. The molecule has 4 heterocycles. The molecule has 2 aromatic rings. The molecule has 0 spiro atoms. The average Bonchev–Trinajstić information content (AvgIpc) is 3.15. The first-order valence-corrected chi connectivity index (χ1v) is 9.26. The fraction of sp³-hybridized carbons (Fsp3) is 0.474. The van der Waals surface area contributed by atoms with E-state index >= 15 is 0 Å². The van der Waals surface area contributed by atoms with Gasteiger partial charge in [-0.05, 0) is 25.0 Å². The Labute approximate surface area is 157 Å². The lowest BCUT2D eigenvalue weighted by Gasteiger charge is -2.32. The predicted octanol–water partition coefficient (Wildman–Crippen LogP) is 1.19.